The molecule has 0 unspecified atom stereocenters. The third kappa shape index (κ3) is 1.97. The molecule has 0 aliphatic carbocycles. The molecular formula is C14H12N4O2. The highest BCUT2D eigenvalue weighted by Crippen LogP contribution is 2.28. The maximum atomic E-state index is 10.7. The molecule has 0 aliphatic heterocycles. The van der Waals surface area contributed by atoms with Crippen LogP contribution >= 0.6 is 0 Å². The van der Waals surface area contributed by atoms with Gasteiger partial charge in [-0.15, -0.1) is 0 Å². The van der Waals surface area contributed by atoms with Gasteiger partial charge >= 0.3 is 6.09 Å². The van der Waals surface area contributed by atoms with E-state index in [9.17, 15) is 4.79 Å². The number of pyridine rings is 2. The minimum atomic E-state index is -1.13. The zero-order chi connectivity index (χ0) is 14.3. The molecule has 20 heavy (non-hydrogen) atoms. The van der Waals surface area contributed by atoms with Crippen molar-refractivity contribution in [3.05, 3.63) is 36.0 Å². The van der Waals surface area contributed by atoms with E-state index in [1.807, 2.05) is 25.1 Å². The van der Waals surface area contributed by atoms with Gasteiger partial charge in [0.25, 0.3) is 0 Å². The molecule has 4 N–H and O–H groups in total. The largest absolute Gasteiger partial charge is 0.465 e. The highest BCUT2D eigenvalue weighted by Gasteiger charge is 2.09. The third-order valence-electron chi connectivity index (χ3n) is 3.07. The number of benzene rings is 1. The first-order valence-electron chi connectivity index (χ1n) is 6.00. The fraction of sp³-hybridized carbons (Fsp3) is 0.0714. The minimum absolute atomic E-state index is 0.333. The second kappa shape index (κ2) is 4.34. The normalized spacial score (nSPS) is 10.8. The molecule has 0 fully saturated rings. The maximum absolute atomic E-state index is 10.7. The van der Waals surface area contributed by atoms with E-state index in [0.29, 0.717) is 17.0 Å². The van der Waals surface area contributed by atoms with E-state index in [2.05, 4.69) is 15.3 Å². The van der Waals surface area contributed by atoms with E-state index in [0.717, 1.165) is 21.9 Å². The molecule has 6 heteroatoms. The number of rotatable bonds is 1. The Bertz CT molecular complexity index is 845. The molecule has 2 aromatic heterocycles. The first kappa shape index (κ1) is 12.2. The van der Waals surface area contributed by atoms with Gasteiger partial charge in [-0.3, -0.25) is 10.3 Å². The fourth-order valence-electron chi connectivity index (χ4n) is 2.21. The Labute approximate surface area is 114 Å². The van der Waals surface area contributed by atoms with Crippen LogP contribution in [0.4, 0.5) is 16.3 Å². The predicted molar refractivity (Wildman–Crippen MR) is 77.8 cm³/mol. The zero-order valence-corrected chi connectivity index (χ0v) is 10.7. The molecule has 0 spiro atoms. The number of nitrogens with zero attached hydrogens (tertiary/aromatic N) is 2. The van der Waals surface area contributed by atoms with Gasteiger partial charge in [-0.1, -0.05) is 12.1 Å². The summed E-state index contributed by atoms with van der Waals surface area (Å²) in [4.78, 5) is 19.2. The summed E-state index contributed by atoms with van der Waals surface area (Å²) in [5.41, 5.74) is 8.73. The number of carbonyl (C=O) groups is 1. The van der Waals surface area contributed by atoms with Crippen LogP contribution in [0.2, 0.25) is 0 Å². The molecule has 0 saturated carbocycles. The number of carboxylic acid groups (broad SMARTS) is 1. The van der Waals surface area contributed by atoms with Gasteiger partial charge in [0.2, 0.25) is 0 Å². The number of amides is 1. The SMILES string of the molecule is Cc1ccc2c(c1)nc(N)c1ncc(NC(=O)O)cc12. The summed E-state index contributed by atoms with van der Waals surface area (Å²) in [7, 11) is 0. The lowest BCUT2D eigenvalue weighted by Crippen LogP contribution is -2.07. The molecule has 1 amide bonds. The zero-order valence-electron chi connectivity index (χ0n) is 10.7. The van der Waals surface area contributed by atoms with Crippen molar-refractivity contribution in [3.8, 4) is 0 Å². The lowest BCUT2D eigenvalue weighted by atomic mass is 10.1. The average Bonchev–Trinajstić information content (AvgIpc) is 2.37. The highest BCUT2D eigenvalue weighted by molar-refractivity contribution is 6.09. The fourth-order valence-corrected chi connectivity index (χ4v) is 2.21. The van der Waals surface area contributed by atoms with Gasteiger partial charge in [-0.05, 0) is 24.6 Å². The minimum Gasteiger partial charge on any atom is -0.465 e. The number of nitrogens with one attached hydrogen (secondary N) is 1. The lowest BCUT2D eigenvalue weighted by molar-refractivity contribution is 0.209. The predicted octanol–water partition coefficient (Wildman–Crippen LogP) is 2.76. The van der Waals surface area contributed by atoms with Crippen LogP contribution in [0.3, 0.4) is 0 Å². The Hall–Kier alpha value is -2.89. The second-order valence-corrected chi connectivity index (χ2v) is 4.57. The van der Waals surface area contributed by atoms with E-state index < -0.39 is 6.09 Å². The first-order valence-corrected chi connectivity index (χ1v) is 6.00. The summed E-state index contributed by atoms with van der Waals surface area (Å²) in [6.45, 7) is 1.97. The number of nitrogen functional groups attached to an aromatic ring is 1. The van der Waals surface area contributed by atoms with Gasteiger partial charge in [0, 0.05) is 10.8 Å². The molecule has 0 atom stereocenters. The van der Waals surface area contributed by atoms with Crippen molar-refractivity contribution in [2.24, 2.45) is 0 Å². The second-order valence-electron chi connectivity index (χ2n) is 4.57. The van der Waals surface area contributed by atoms with Gasteiger partial charge in [0.15, 0.2) is 5.82 Å². The van der Waals surface area contributed by atoms with E-state index in [1.165, 1.54) is 6.20 Å². The molecule has 3 aromatic rings. The Morgan fingerprint density at radius 2 is 2.10 bits per heavy atom. The third-order valence-corrected chi connectivity index (χ3v) is 3.07. The molecular weight excluding hydrogens is 256 g/mol. The van der Waals surface area contributed by atoms with Crippen molar-refractivity contribution >= 4 is 39.4 Å². The van der Waals surface area contributed by atoms with Gasteiger partial charge in [-0.25, -0.2) is 9.78 Å². The van der Waals surface area contributed by atoms with Crippen LogP contribution in [0.5, 0.6) is 0 Å². The van der Waals surface area contributed by atoms with Gasteiger partial charge in [0.1, 0.15) is 5.52 Å². The number of aryl methyl sites for hydroxylation is 1. The van der Waals surface area contributed by atoms with Crippen LogP contribution in [-0.4, -0.2) is 21.2 Å². The summed E-state index contributed by atoms with van der Waals surface area (Å²) in [6.07, 6.45) is 0.294. The van der Waals surface area contributed by atoms with Crippen molar-refractivity contribution < 1.29 is 9.90 Å². The number of anilines is 2. The van der Waals surface area contributed by atoms with E-state index >= 15 is 0 Å². The van der Waals surface area contributed by atoms with Gasteiger partial charge < -0.3 is 10.8 Å². The van der Waals surface area contributed by atoms with E-state index in [1.54, 1.807) is 6.07 Å². The van der Waals surface area contributed by atoms with Crippen LogP contribution in [0.1, 0.15) is 5.56 Å². The van der Waals surface area contributed by atoms with Crippen LogP contribution in [0.15, 0.2) is 30.5 Å². The number of hydrogen-bond acceptors (Lipinski definition) is 4. The number of aromatic nitrogens is 2. The quantitative estimate of drug-likeness (QED) is 0.589. The molecule has 100 valence electrons. The topological polar surface area (TPSA) is 101 Å². The van der Waals surface area contributed by atoms with Crippen LogP contribution in [0.25, 0.3) is 21.8 Å². The van der Waals surface area contributed by atoms with Crippen molar-refractivity contribution in [2.75, 3.05) is 11.1 Å². The Balaban J connectivity index is 2.35. The molecule has 0 saturated heterocycles. The molecule has 0 aliphatic rings. The molecule has 1 aromatic carbocycles. The molecule has 6 nitrogen and oxygen atoms in total. The summed E-state index contributed by atoms with van der Waals surface area (Å²) < 4.78 is 0. The van der Waals surface area contributed by atoms with Crippen LogP contribution in [0, 0.1) is 6.92 Å². The van der Waals surface area contributed by atoms with Crippen molar-refractivity contribution in [3.63, 3.8) is 0 Å². The summed E-state index contributed by atoms with van der Waals surface area (Å²) in [5, 5.41) is 12.7. The monoisotopic (exact) mass is 268 g/mol. The summed E-state index contributed by atoms with van der Waals surface area (Å²) >= 11 is 0. The summed E-state index contributed by atoms with van der Waals surface area (Å²) in [6, 6.07) is 7.55. The van der Waals surface area contributed by atoms with Crippen LogP contribution < -0.4 is 11.1 Å². The number of fused-ring (bicyclic) bond motifs is 3. The van der Waals surface area contributed by atoms with Crippen molar-refractivity contribution in [1.29, 1.82) is 0 Å². The molecule has 0 radical (unpaired) electrons. The molecule has 3 rings (SSSR count). The van der Waals surface area contributed by atoms with E-state index in [4.69, 9.17) is 10.8 Å². The number of hydrogen-bond donors (Lipinski definition) is 3. The Kier molecular flexibility index (Phi) is 2.64. The van der Waals surface area contributed by atoms with Crippen LogP contribution in [-0.2, 0) is 0 Å². The Morgan fingerprint density at radius 3 is 2.85 bits per heavy atom. The Morgan fingerprint density at radius 1 is 1.30 bits per heavy atom. The molecule has 0 bridgehead atoms. The summed E-state index contributed by atoms with van der Waals surface area (Å²) in [5.74, 6) is 0.333. The first-order chi connectivity index (χ1) is 9.54. The van der Waals surface area contributed by atoms with Crippen molar-refractivity contribution in [2.45, 2.75) is 6.92 Å². The number of nitrogens with two attached hydrogens (primary N) is 1. The highest BCUT2D eigenvalue weighted by atomic mass is 16.4. The average molecular weight is 268 g/mol. The van der Waals surface area contributed by atoms with Gasteiger partial charge in [-0.2, -0.15) is 0 Å². The van der Waals surface area contributed by atoms with Gasteiger partial charge in [0.05, 0.1) is 17.4 Å². The van der Waals surface area contributed by atoms with Crippen molar-refractivity contribution in [1.82, 2.24) is 9.97 Å². The molecule has 2 heterocycles. The van der Waals surface area contributed by atoms with E-state index in [-0.39, 0.29) is 0 Å². The standard InChI is InChI=1S/C14H12N4O2/c1-7-2-3-9-10-5-8(17-14(19)20)6-16-12(10)13(15)18-11(9)4-7/h2-6,17H,1H3,(H2,15,18)(H,19,20). The maximum Gasteiger partial charge on any atom is 0.409 e. The smallest absolute Gasteiger partial charge is 0.409 e. The lowest BCUT2D eigenvalue weighted by Gasteiger charge is -2.08.